The van der Waals surface area contributed by atoms with E-state index < -0.39 is 10.0 Å². The van der Waals surface area contributed by atoms with Gasteiger partial charge in [-0.05, 0) is 17.7 Å². The fourth-order valence-corrected chi connectivity index (χ4v) is 3.58. The number of nitrogens with zero attached hydrogens (tertiary/aromatic N) is 1. The zero-order valence-electron chi connectivity index (χ0n) is 12.4. The Morgan fingerprint density at radius 2 is 1.55 bits per heavy atom. The maximum absolute atomic E-state index is 12.5. The Hall–Kier alpha value is -1.98. The lowest BCUT2D eigenvalue weighted by atomic mass is 9.96. The molecule has 0 aromatic heterocycles. The highest BCUT2D eigenvalue weighted by Crippen LogP contribution is 2.22. The van der Waals surface area contributed by atoms with Crippen molar-refractivity contribution >= 4 is 16.3 Å². The van der Waals surface area contributed by atoms with Crippen LogP contribution in [-0.2, 0) is 14.8 Å². The molecule has 4 nitrogen and oxygen atoms in total. The van der Waals surface area contributed by atoms with Gasteiger partial charge in [-0.2, -0.15) is 0 Å². The molecule has 0 spiro atoms. The van der Waals surface area contributed by atoms with Crippen LogP contribution in [0.1, 0.15) is 17.9 Å². The number of hydrogen-bond acceptors (Lipinski definition) is 3. The topological polar surface area (TPSA) is 54.5 Å². The van der Waals surface area contributed by atoms with Gasteiger partial charge in [0, 0.05) is 25.9 Å². The summed E-state index contributed by atoms with van der Waals surface area (Å²) in [6.45, 7) is 0.264. The number of benzene rings is 2. The highest BCUT2D eigenvalue weighted by Gasteiger charge is 2.24. The Bertz CT molecular complexity index is 699. The lowest BCUT2D eigenvalue weighted by Gasteiger charge is -2.23. The first kappa shape index (κ1) is 16.4. The van der Waals surface area contributed by atoms with Crippen LogP contribution in [0.25, 0.3) is 0 Å². The third kappa shape index (κ3) is 3.81. The Morgan fingerprint density at radius 1 is 1.00 bits per heavy atom. The van der Waals surface area contributed by atoms with Gasteiger partial charge >= 0.3 is 0 Å². The average Bonchev–Trinajstić information content (AvgIpc) is 2.56. The van der Waals surface area contributed by atoms with E-state index in [4.69, 9.17) is 0 Å². The summed E-state index contributed by atoms with van der Waals surface area (Å²) < 4.78 is 26.4. The number of hydrogen-bond donors (Lipinski definition) is 0. The van der Waals surface area contributed by atoms with Gasteiger partial charge < -0.3 is 4.79 Å². The van der Waals surface area contributed by atoms with Gasteiger partial charge in [0.25, 0.3) is 0 Å². The van der Waals surface area contributed by atoms with E-state index in [1.165, 1.54) is 4.31 Å². The SMILES string of the molecule is CN(C[C@@H](CC=O)c1ccccc1)S(=O)(=O)c1ccccc1. The van der Waals surface area contributed by atoms with Crippen LogP contribution in [0, 0.1) is 0 Å². The molecule has 0 aliphatic heterocycles. The Balaban J connectivity index is 2.21. The highest BCUT2D eigenvalue weighted by atomic mass is 32.2. The van der Waals surface area contributed by atoms with Crippen LogP contribution in [0.15, 0.2) is 65.6 Å². The summed E-state index contributed by atoms with van der Waals surface area (Å²) in [5.74, 6) is -0.151. The largest absolute Gasteiger partial charge is 0.303 e. The molecule has 0 aliphatic rings. The van der Waals surface area contributed by atoms with Crippen molar-refractivity contribution in [3.8, 4) is 0 Å². The van der Waals surface area contributed by atoms with E-state index in [-0.39, 0.29) is 17.4 Å². The van der Waals surface area contributed by atoms with E-state index in [0.29, 0.717) is 6.42 Å². The van der Waals surface area contributed by atoms with Crippen LogP contribution in [0.4, 0.5) is 0 Å². The van der Waals surface area contributed by atoms with Crippen LogP contribution in [0.3, 0.4) is 0 Å². The van der Waals surface area contributed by atoms with Crippen molar-refractivity contribution < 1.29 is 13.2 Å². The zero-order valence-corrected chi connectivity index (χ0v) is 13.2. The van der Waals surface area contributed by atoms with Gasteiger partial charge in [0.1, 0.15) is 6.29 Å². The average molecular weight is 317 g/mol. The van der Waals surface area contributed by atoms with Gasteiger partial charge in [0.15, 0.2) is 0 Å². The molecule has 2 rings (SSSR count). The summed E-state index contributed by atoms with van der Waals surface area (Å²) in [6, 6.07) is 17.8. The second-order valence-corrected chi connectivity index (χ2v) is 7.15. The second-order valence-electron chi connectivity index (χ2n) is 5.11. The molecule has 116 valence electrons. The van der Waals surface area contributed by atoms with E-state index in [1.807, 2.05) is 30.3 Å². The highest BCUT2D eigenvalue weighted by molar-refractivity contribution is 7.89. The third-order valence-corrected chi connectivity index (χ3v) is 5.42. The number of aldehydes is 1. The molecule has 2 aromatic rings. The van der Waals surface area contributed by atoms with Crippen molar-refractivity contribution in [2.24, 2.45) is 0 Å². The fraction of sp³-hybridized carbons (Fsp3) is 0.235. The third-order valence-electron chi connectivity index (χ3n) is 3.58. The van der Waals surface area contributed by atoms with Crippen LogP contribution in [0.5, 0.6) is 0 Å². The quantitative estimate of drug-likeness (QED) is 0.738. The molecule has 0 amide bonds. The maximum atomic E-state index is 12.5. The molecule has 0 saturated heterocycles. The molecular weight excluding hydrogens is 298 g/mol. The van der Waals surface area contributed by atoms with E-state index in [2.05, 4.69) is 0 Å². The van der Waals surface area contributed by atoms with Crippen LogP contribution in [-0.4, -0.2) is 32.6 Å². The smallest absolute Gasteiger partial charge is 0.242 e. The summed E-state index contributed by atoms with van der Waals surface area (Å²) in [5.41, 5.74) is 0.963. The monoisotopic (exact) mass is 317 g/mol. The standard InChI is InChI=1S/C17H19NO3S/c1-18(22(20,21)17-10-6-3-7-11-17)14-16(12-13-19)15-8-4-2-5-9-15/h2-11,13,16H,12,14H2,1H3/t16-/m1/s1. The summed E-state index contributed by atoms with van der Waals surface area (Å²) in [4.78, 5) is 11.2. The molecule has 0 unspecified atom stereocenters. The molecule has 22 heavy (non-hydrogen) atoms. The number of carbonyl (C=O) groups is 1. The minimum absolute atomic E-state index is 0.151. The van der Waals surface area contributed by atoms with E-state index >= 15 is 0 Å². The number of rotatable bonds is 7. The molecule has 0 radical (unpaired) electrons. The van der Waals surface area contributed by atoms with Crippen molar-refractivity contribution in [3.63, 3.8) is 0 Å². The first-order valence-corrected chi connectivity index (χ1v) is 8.49. The Kier molecular flexibility index (Phi) is 5.46. The first-order valence-electron chi connectivity index (χ1n) is 7.05. The molecule has 5 heteroatoms. The normalized spacial score (nSPS) is 13.0. The van der Waals surface area contributed by atoms with Crippen LogP contribution in [0.2, 0.25) is 0 Å². The molecule has 0 fully saturated rings. The van der Waals surface area contributed by atoms with E-state index in [9.17, 15) is 13.2 Å². The van der Waals surface area contributed by atoms with Crippen molar-refractivity contribution in [1.82, 2.24) is 4.31 Å². The van der Waals surface area contributed by atoms with Gasteiger partial charge in [-0.3, -0.25) is 0 Å². The van der Waals surface area contributed by atoms with Crippen molar-refractivity contribution in [3.05, 3.63) is 66.2 Å². The molecule has 1 atom stereocenters. The van der Waals surface area contributed by atoms with Crippen molar-refractivity contribution in [2.45, 2.75) is 17.2 Å². The second kappa shape index (κ2) is 7.33. The molecule has 0 N–H and O–H groups in total. The molecule has 0 saturated carbocycles. The number of likely N-dealkylation sites (N-methyl/N-ethyl adjacent to an activating group) is 1. The molecular formula is C17H19NO3S. The van der Waals surface area contributed by atoms with Gasteiger partial charge in [0.05, 0.1) is 4.90 Å². The minimum atomic E-state index is -3.54. The number of sulfonamides is 1. The zero-order chi connectivity index (χ0) is 16.0. The lowest BCUT2D eigenvalue weighted by molar-refractivity contribution is -0.108. The van der Waals surface area contributed by atoms with Crippen LogP contribution >= 0.6 is 0 Å². The lowest BCUT2D eigenvalue weighted by Crippen LogP contribution is -2.31. The van der Waals surface area contributed by atoms with Crippen molar-refractivity contribution in [2.75, 3.05) is 13.6 Å². The summed E-state index contributed by atoms with van der Waals surface area (Å²) in [5, 5.41) is 0. The van der Waals surface area contributed by atoms with Gasteiger partial charge in [0.2, 0.25) is 10.0 Å². The summed E-state index contributed by atoms with van der Waals surface area (Å²) in [6.07, 6.45) is 1.12. The van der Waals surface area contributed by atoms with Gasteiger partial charge in [-0.25, -0.2) is 12.7 Å². The fourth-order valence-electron chi connectivity index (χ4n) is 2.34. The van der Waals surface area contributed by atoms with Gasteiger partial charge in [-0.1, -0.05) is 48.5 Å². The van der Waals surface area contributed by atoms with E-state index in [0.717, 1.165) is 11.8 Å². The van der Waals surface area contributed by atoms with Crippen LogP contribution < -0.4 is 0 Å². The molecule has 0 aliphatic carbocycles. The van der Waals surface area contributed by atoms with Gasteiger partial charge in [-0.15, -0.1) is 0 Å². The van der Waals surface area contributed by atoms with Crippen molar-refractivity contribution in [1.29, 1.82) is 0 Å². The maximum Gasteiger partial charge on any atom is 0.242 e. The molecule has 0 bridgehead atoms. The van der Waals surface area contributed by atoms with E-state index in [1.54, 1.807) is 37.4 Å². The Morgan fingerprint density at radius 3 is 2.09 bits per heavy atom. The molecule has 2 aromatic carbocycles. The minimum Gasteiger partial charge on any atom is -0.303 e. The predicted molar refractivity (Wildman–Crippen MR) is 86.1 cm³/mol. The summed E-state index contributed by atoms with van der Waals surface area (Å²) in [7, 11) is -2.00. The first-order chi connectivity index (χ1) is 10.6. The predicted octanol–water partition coefficient (Wildman–Crippen LogP) is 2.68. The number of carbonyl (C=O) groups excluding carboxylic acids is 1. The molecule has 0 heterocycles. The summed E-state index contributed by atoms with van der Waals surface area (Å²) >= 11 is 0. The Labute approximate surface area is 131 Å².